The summed E-state index contributed by atoms with van der Waals surface area (Å²) in [4.78, 5) is 46.1. The summed E-state index contributed by atoms with van der Waals surface area (Å²) in [7, 11) is 0. The van der Waals surface area contributed by atoms with Gasteiger partial charge in [-0.1, -0.05) is 44.6 Å². The predicted molar refractivity (Wildman–Crippen MR) is 109 cm³/mol. The number of benzene rings is 1. The number of carbonyl (C=O) groups excluding carboxylic acids is 3. The number of hydrogen-bond acceptors (Lipinski definition) is 6. The molecule has 3 rings (SSSR count). The van der Waals surface area contributed by atoms with E-state index in [2.05, 4.69) is 5.32 Å². The van der Waals surface area contributed by atoms with Crippen LogP contribution in [0.3, 0.4) is 0 Å². The van der Waals surface area contributed by atoms with E-state index in [0.717, 1.165) is 18.8 Å². The molecule has 162 valence electrons. The van der Waals surface area contributed by atoms with E-state index in [1.807, 2.05) is 0 Å². The van der Waals surface area contributed by atoms with Gasteiger partial charge >= 0.3 is 5.69 Å². The van der Waals surface area contributed by atoms with Crippen molar-refractivity contribution in [2.24, 2.45) is 11.8 Å². The molecule has 0 radical (unpaired) electrons. The summed E-state index contributed by atoms with van der Waals surface area (Å²) < 4.78 is 5.66. The highest BCUT2D eigenvalue weighted by molar-refractivity contribution is 6.18. The average molecular weight is 416 g/mol. The molecule has 0 spiro atoms. The van der Waals surface area contributed by atoms with E-state index in [1.165, 1.54) is 50.7 Å². The topological polar surface area (TPSA) is 116 Å². The Kier molecular flexibility index (Phi) is 7.54. The van der Waals surface area contributed by atoms with Crippen LogP contribution in [0.25, 0.3) is 0 Å². The van der Waals surface area contributed by atoms with Gasteiger partial charge in [0.25, 0.3) is 0 Å². The molecule has 1 heterocycles. The van der Waals surface area contributed by atoms with Gasteiger partial charge in [-0.15, -0.1) is 0 Å². The number of imide groups is 1. The Balaban J connectivity index is 1.54. The third kappa shape index (κ3) is 5.87. The van der Waals surface area contributed by atoms with Crippen LogP contribution in [-0.4, -0.2) is 29.1 Å². The first kappa shape index (κ1) is 21.9. The highest BCUT2D eigenvalue weighted by Crippen LogP contribution is 2.31. The number of ether oxygens (including phenoxy) is 1. The van der Waals surface area contributed by atoms with E-state index in [4.69, 9.17) is 4.74 Å². The van der Waals surface area contributed by atoms with Crippen LogP contribution in [0.1, 0.15) is 63.4 Å². The molecule has 0 aromatic heterocycles. The van der Waals surface area contributed by atoms with Gasteiger partial charge < -0.3 is 4.74 Å². The fourth-order valence-electron chi connectivity index (χ4n) is 4.29. The Bertz CT molecular complexity index is 796. The molecule has 1 N–H and O–H groups in total. The number of nitro groups is 1. The SMILES string of the molecule is O=C1CC(=O)C(Cc2ccc(OCCCCC3CCCCC3)c([N+](=O)[O-])c2)C(=O)N1. The molecule has 8 heteroatoms. The molecule has 1 saturated heterocycles. The number of unbranched alkanes of at least 4 members (excludes halogenated alkanes) is 1. The van der Waals surface area contributed by atoms with Crippen LogP contribution in [0.4, 0.5) is 5.69 Å². The normalized spacial score (nSPS) is 20.1. The zero-order valence-electron chi connectivity index (χ0n) is 17.1. The molecular weight excluding hydrogens is 388 g/mol. The summed E-state index contributed by atoms with van der Waals surface area (Å²) in [5.74, 6) is -1.74. The Morgan fingerprint density at radius 2 is 1.87 bits per heavy atom. The lowest BCUT2D eigenvalue weighted by atomic mass is 9.86. The number of piperidine rings is 1. The molecule has 8 nitrogen and oxygen atoms in total. The number of carbonyl (C=O) groups is 3. The summed E-state index contributed by atoms with van der Waals surface area (Å²) in [6, 6.07) is 4.49. The van der Waals surface area contributed by atoms with Gasteiger partial charge in [-0.05, 0) is 36.8 Å². The van der Waals surface area contributed by atoms with Gasteiger partial charge in [0.2, 0.25) is 11.8 Å². The Hall–Kier alpha value is -2.77. The Morgan fingerprint density at radius 1 is 1.10 bits per heavy atom. The molecular formula is C22H28N2O6. The van der Waals surface area contributed by atoms with Gasteiger partial charge in [0.15, 0.2) is 11.5 Å². The maximum absolute atomic E-state index is 12.0. The van der Waals surface area contributed by atoms with Crippen molar-refractivity contribution in [2.45, 2.75) is 64.2 Å². The molecule has 1 aromatic carbocycles. The van der Waals surface area contributed by atoms with Crippen molar-refractivity contribution in [3.05, 3.63) is 33.9 Å². The molecule has 1 saturated carbocycles. The molecule has 1 aromatic rings. The molecule has 0 bridgehead atoms. The van der Waals surface area contributed by atoms with E-state index < -0.39 is 28.4 Å². The first-order valence-electron chi connectivity index (χ1n) is 10.7. The van der Waals surface area contributed by atoms with Crippen LogP contribution >= 0.6 is 0 Å². The molecule has 30 heavy (non-hydrogen) atoms. The standard InChI is InChI=1S/C22H28N2O6/c25-19-14-21(26)23-22(27)17(19)12-16-9-10-20(18(13-16)24(28)29)30-11-5-4-8-15-6-2-1-3-7-15/h9-10,13,15,17H,1-8,11-12,14H2,(H,23,26,27). The largest absolute Gasteiger partial charge is 0.487 e. The molecule has 1 aliphatic carbocycles. The number of rotatable bonds is 9. The average Bonchev–Trinajstić information content (AvgIpc) is 2.71. The van der Waals surface area contributed by atoms with Crippen molar-refractivity contribution >= 4 is 23.3 Å². The monoisotopic (exact) mass is 416 g/mol. The number of amides is 2. The molecule has 2 fully saturated rings. The lowest BCUT2D eigenvalue weighted by molar-refractivity contribution is -0.385. The lowest BCUT2D eigenvalue weighted by Crippen LogP contribution is -2.46. The zero-order valence-corrected chi connectivity index (χ0v) is 17.1. The predicted octanol–water partition coefficient (Wildman–Crippen LogP) is 3.50. The van der Waals surface area contributed by atoms with Crippen molar-refractivity contribution in [2.75, 3.05) is 6.61 Å². The molecule has 1 unspecified atom stereocenters. The fraction of sp³-hybridized carbons (Fsp3) is 0.591. The van der Waals surface area contributed by atoms with Crippen molar-refractivity contribution in [3.8, 4) is 5.75 Å². The van der Waals surface area contributed by atoms with E-state index >= 15 is 0 Å². The van der Waals surface area contributed by atoms with Crippen LogP contribution in [0.15, 0.2) is 18.2 Å². The minimum absolute atomic E-state index is 0.0143. The highest BCUT2D eigenvalue weighted by Gasteiger charge is 2.34. The summed E-state index contributed by atoms with van der Waals surface area (Å²) in [5, 5.41) is 13.6. The quantitative estimate of drug-likeness (QED) is 0.217. The second kappa shape index (κ2) is 10.3. The maximum Gasteiger partial charge on any atom is 0.311 e. The Labute approximate surface area is 175 Å². The summed E-state index contributed by atoms with van der Waals surface area (Å²) in [6.45, 7) is 0.415. The second-order valence-corrected chi connectivity index (χ2v) is 8.22. The van der Waals surface area contributed by atoms with Crippen LogP contribution in [-0.2, 0) is 20.8 Å². The maximum atomic E-state index is 12.0. The minimum atomic E-state index is -1.01. The molecule has 2 amide bonds. The lowest BCUT2D eigenvalue weighted by Gasteiger charge is -2.21. The summed E-state index contributed by atoms with van der Waals surface area (Å²) in [5.41, 5.74) is 0.300. The van der Waals surface area contributed by atoms with Crippen LogP contribution < -0.4 is 10.1 Å². The number of Topliss-reactive ketones (excluding diaryl/α,β-unsaturated/α-hetero) is 1. The summed E-state index contributed by atoms with van der Waals surface area (Å²) >= 11 is 0. The molecule has 1 atom stereocenters. The van der Waals surface area contributed by atoms with Crippen molar-refractivity contribution in [1.29, 1.82) is 0 Å². The second-order valence-electron chi connectivity index (χ2n) is 8.22. The van der Waals surface area contributed by atoms with Gasteiger partial charge in [0, 0.05) is 6.07 Å². The van der Waals surface area contributed by atoms with Crippen molar-refractivity contribution in [3.63, 3.8) is 0 Å². The fourth-order valence-corrected chi connectivity index (χ4v) is 4.29. The number of nitrogens with zero attached hydrogens (tertiary/aromatic N) is 1. The smallest absolute Gasteiger partial charge is 0.311 e. The molecule has 1 aliphatic heterocycles. The van der Waals surface area contributed by atoms with Crippen LogP contribution in [0, 0.1) is 22.0 Å². The third-order valence-corrected chi connectivity index (χ3v) is 5.95. The first-order chi connectivity index (χ1) is 14.4. The van der Waals surface area contributed by atoms with Crippen LogP contribution in [0.5, 0.6) is 5.75 Å². The van der Waals surface area contributed by atoms with Crippen LogP contribution in [0.2, 0.25) is 0 Å². The van der Waals surface area contributed by atoms with E-state index in [9.17, 15) is 24.5 Å². The zero-order chi connectivity index (χ0) is 21.5. The van der Waals surface area contributed by atoms with Gasteiger partial charge in [-0.3, -0.25) is 29.8 Å². The van der Waals surface area contributed by atoms with Gasteiger partial charge in [0.05, 0.1) is 18.0 Å². The highest BCUT2D eigenvalue weighted by atomic mass is 16.6. The van der Waals surface area contributed by atoms with E-state index in [0.29, 0.717) is 12.2 Å². The van der Waals surface area contributed by atoms with E-state index in [1.54, 1.807) is 6.07 Å². The number of hydrogen-bond donors (Lipinski definition) is 1. The van der Waals surface area contributed by atoms with Crippen molar-refractivity contribution < 1.29 is 24.0 Å². The summed E-state index contributed by atoms with van der Waals surface area (Å²) in [6.07, 6.45) is 9.36. The van der Waals surface area contributed by atoms with Crippen molar-refractivity contribution in [1.82, 2.24) is 5.32 Å². The Morgan fingerprint density at radius 3 is 2.57 bits per heavy atom. The minimum Gasteiger partial charge on any atom is -0.487 e. The first-order valence-corrected chi connectivity index (χ1v) is 10.7. The van der Waals surface area contributed by atoms with Gasteiger partial charge in [-0.25, -0.2) is 0 Å². The van der Waals surface area contributed by atoms with Gasteiger partial charge in [-0.2, -0.15) is 0 Å². The van der Waals surface area contributed by atoms with Gasteiger partial charge in [0.1, 0.15) is 5.92 Å². The number of nitro benzene ring substituents is 1. The third-order valence-electron chi connectivity index (χ3n) is 5.95. The number of ketones is 1. The molecule has 2 aliphatic rings. The number of nitrogens with one attached hydrogen (secondary N) is 1. The van der Waals surface area contributed by atoms with E-state index in [-0.39, 0.29) is 24.3 Å².